The van der Waals surface area contributed by atoms with Crippen LogP contribution in [0.2, 0.25) is 0 Å². The molecule has 0 aliphatic carbocycles. The molecule has 1 N–H and O–H groups in total. The largest absolute Gasteiger partial charge is 0.504 e. The second-order valence-electron chi connectivity index (χ2n) is 6.99. The first-order valence-corrected chi connectivity index (χ1v) is 8.82. The second-order valence-corrected chi connectivity index (χ2v) is 6.99. The molecule has 0 saturated heterocycles. The molecule has 2 atom stereocenters. The van der Waals surface area contributed by atoms with Crippen molar-refractivity contribution in [2.45, 2.75) is 18.6 Å². The number of fused-ring (bicyclic) bond motifs is 3. The van der Waals surface area contributed by atoms with Gasteiger partial charge in [0.1, 0.15) is 11.7 Å². The monoisotopic (exact) mass is 369 g/mol. The van der Waals surface area contributed by atoms with E-state index in [1.165, 1.54) is 13.2 Å². The van der Waals surface area contributed by atoms with Crippen molar-refractivity contribution in [1.82, 2.24) is 4.90 Å². The number of benzene rings is 2. The van der Waals surface area contributed by atoms with Crippen molar-refractivity contribution in [1.29, 1.82) is 0 Å². The van der Waals surface area contributed by atoms with Crippen LogP contribution in [0, 0.1) is 0 Å². The molecule has 0 amide bonds. The Morgan fingerprint density at radius 3 is 2.74 bits per heavy atom. The van der Waals surface area contributed by atoms with E-state index in [2.05, 4.69) is 4.90 Å². The summed E-state index contributed by atoms with van der Waals surface area (Å²) in [5.74, 6) is 1.07. The summed E-state index contributed by atoms with van der Waals surface area (Å²) >= 11 is 0. The quantitative estimate of drug-likeness (QED) is 0.815. The first-order chi connectivity index (χ1) is 13.1. The van der Waals surface area contributed by atoms with Gasteiger partial charge in [0, 0.05) is 12.1 Å². The number of phenols is 1. The molecule has 3 heterocycles. The molecule has 27 heavy (non-hydrogen) atoms. The molecule has 0 fully saturated rings. The van der Waals surface area contributed by atoms with Gasteiger partial charge in [-0.2, -0.15) is 0 Å². The number of likely N-dealkylation sites (N-methyl/N-ethyl adjacent to an activating group) is 1. The van der Waals surface area contributed by atoms with Crippen LogP contribution in [0.15, 0.2) is 24.3 Å². The molecular formula is C20H19NO6. The van der Waals surface area contributed by atoms with Crippen LogP contribution >= 0.6 is 0 Å². The average Bonchev–Trinajstić information content (AvgIpc) is 3.24. The van der Waals surface area contributed by atoms with Gasteiger partial charge >= 0.3 is 5.97 Å². The fourth-order valence-electron chi connectivity index (χ4n) is 4.27. The highest BCUT2D eigenvalue weighted by molar-refractivity contribution is 5.98. The minimum Gasteiger partial charge on any atom is -0.504 e. The highest BCUT2D eigenvalue weighted by Crippen LogP contribution is 2.50. The Morgan fingerprint density at radius 2 is 1.96 bits per heavy atom. The fourth-order valence-corrected chi connectivity index (χ4v) is 4.27. The molecule has 140 valence electrons. The van der Waals surface area contributed by atoms with E-state index in [9.17, 15) is 9.90 Å². The minimum absolute atomic E-state index is 0.0744. The minimum atomic E-state index is -0.494. The van der Waals surface area contributed by atoms with E-state index in [0.717, 1.165) is 35.4 Å². The van der Waals surface area contributed by atoms with Crippen LogP contribution < -0.4 is 14.2 Å². The summed E-state index contributed by atoms with van der Waals surface area (Å²) in [4.78, 5) is 14.8. The fraction of sp³-hybridized carbons (Fsp3) is 0.350. The lowest BCUT2D eigenvalue weighted by atomic mass is 9.86. The summed E-state index contributed by atoms with van der Waals surface area (Å²) < 4.78 is 22.1. The van der Waals surface area contributed by atoms with E-state index in [0.29, 0.717) is 11.3 Å². The molecule has 7 nitrogen and oxygen atoms in total. The summed E-state index contributed by atoms with van der Waals surface area (Å²) in [7, 11) is 3.44. The normalized spacial score (nSPS) is 23.0. The first-order valence-electron chi connectivity index (χ1n) is 8.82. The number of carbonyl (C=O) groups is 1. The summed E-state index contributed by atoms with van der Waals surface area (Å²) in [5.41, 5.74) is 3.24. The van der Waals surface area contributed by atoms with Gasteiger partial charge in [0.2, 0.25) is 6.79 Å². The van der Waals surface area contributed by atoms with Crippen molar-refractivity contribution < 1.29 is 28.8 Å². The molecule has 2 aromatic rings. The van der Waals surface area contributed by atoms with Gasteiger partial charge in [-0.05, 0) is 42.8 Å². The summed E-state index contributed by atoms with van der Waals surface area (Å²) in [6.07, 6.45) is 0.386. The lowest BCUT2D eigenvalue weighted by Crippen LogP contribution is -2.36. The zero-order valence-electron chi connectivity index (χ0n) is 15.0. The SMILES string of the molecule is COc1c(O)ccc2c1C(=O)O[C@@H]2[C@H]1c2cc3c(cc2CCN1C)OCO3. The number of carbonyl (C=O) groups excluding carboxylic acids is 1. The molecule has 2 aromatic carbocycles. The van der Waals surface area contributed by atoms with Gasteiger partial charge in [0.15, 0.2) is 23.0 Å². The van der Waals surface area contributed by atoms with E-state index >= 15 is 0 Å². The number of esters is 1. The number of rotatable bonds is 2. The van der Waals surface area contributed by atoms with Crippen LogP contribution in [0.25, 0.3) is 0 Å². The van der Waals surface area contributed by atoms with Crippen molar-refractivity contribution in [3.8, 4) is 23.0 Å². The molecule has 0 bridgehead atoms. The van der Waals surface area contributed by atoms with E-state index < -0.39 is 12.1 Å². The Balaban J connectivity index is 1.64. The molecule has 5 rings (SSSR count). The maximum absolute atomic E-state index is 12.6. The Labute approximate surface area is 156 Å². The molecule has 3 aliphatic heterocycles. The van der Waals surface area contributed by atoms with E-state index in [1.54, 1.807) is 6.07 Å². The molecule has 0 aromatic heterocycles. The van der Waals surface area contributed by atoms with Crippen LogP contribution in [-0.2, 0) is 11.2 Å². The third-order valence-corrected chi connectivity index (χ3v) is 5.57. The third-order valence-electron chi connectivity index (χ3n) is 5.57. The van der Waals surface area contributed by atoms with E-state index in [4.69, 9.17) is 18.9 Å². The Bertz CT molecular complexity index is 956. The number of nitrogens with zero attached hydrogens (tertiary/aromatic N) is 1. The second kappa shape index (κ2) is 5.79. The lowest BCUT2D eigenvalue weighted by molar-refractivity contribution is 0.00935. The maximum Gasteiger partial charge on any atom is 0.343 e. The van der Waals surface area contributed by atoms with Crippen LogP contribution in [0.5, 0.6) is 23.0 Å². The van der Waals surface area contributed by atoms with Crippen molar-refractivity contribution in [3.63, 3.8) is 0 Å². The van der Waals surface area contributed by atoms with Crippen LogP contribution in [0.1, 0.15) is 39.2 Å². The first kappa shape index (κ1) is 16.3. The zero-order valence-corrected chi connectivity index (χ0v) is 15.0. The van der Waals surface area contributed by atoms with Gasteiger partial charge in [-0.3, -0.25) is 4.90 Å². The Hall–Kier alpha value is -2.93. The average molecular weight is 369 g/mol. The van der Waals surface area contributed by atoms with Crippen molar-refractivity contribution in [2.24, 2.45) is 0 Å². The van der Waals surface area contributed by atoms with Crippen LogP contribution in [0.3, 0.4) is 0 Å². The predicted octanol–water partition coefficient (Wildman–Crippen LogP) is 2.57. The van der Waals surface area contributed by atoms with Crippen LogP contribution in [0.4, 0.5) is 0 Å². The maximum atomic E-state index is 12.6. The summed E-state index contributed by atoms with van der Waals surface area (Å²) in [6.45, 7) is 1.05. The van der Waals surface area contributed by atoms with Crippen LogP contribution in [-0.4, -0.2) is 43.5 Å². The van der Waals surface area contributed by atoms with Gasteiger partial charge in [-0.15, -0.1) is 0 Å². The molecule has 7 heteroatoms. The smallest absolute Gasteiger partial charge is 0.343 e. The number of hydrogen-bond acceptors (Lipinski definition) is 7. The molecule has 0 saturated carbocycles. The van der Waals surface area contributed by atoms with E-state index in [-0.39, 0.29) is 24.3 Å². The van der Waals surface area contributed by atoms with Gasteiger partial charge < -0.3 is 24.1 Å². The lowest BCUT2D eigenvalue weighted by Gasteiger charge is -2.37. The van der Waals surface area contributed by atoms with Crippen molar-refractivity contribution in [3.05, 3.63) is 46.5 Å². The number of aromatic hydroxyl groups is 1. The number of ether oxygens (including phenoxy) is 4. The van der Waals surface area contributed by atoms with Gasteiger partial charge in [0.25, 0.3) is 0 Å². The zero-order chi connectivity index (χ0) is 18.7. The van der Waals surface area contributed by atoms with Gasteiger partial charge in [-0.1, -0.05) is 6.07 Å². The predicted molar refractivity (Wildman–Crippen MR) is 94.5 cm³/mol. The Kier molecular flexibility index (Phi) is 3.48. The van der Waals surface area contributed by atoms with Gasteiger partial charge in [-0.25, -0.2) is 4.79 Å². The molecule has 3 aliphatic rings. The molecular weight excluding hydrogens is 350 g/mol. The third kappa shape index (κ3) is 2.28. The topological polar surface area (TPSA) is 77.5 Å². The van der Waals surface area contributed by atoms with Crippen molar-refractivity contribution in [2.75, 3.05) is 27.5 Å². The highest BCUT2D eigenvalue weighted by Gasteiger charge is 2.44. The molecule has 0 spiro atoms. The summed E-state index contributed by atoms with van der Waals surface area (Å²) in [5, 5.41) is 10.0. The standard InChI is InChI=1S/C20H19NO6/c1-21-6-5-10-7-14-15(26-9-25-14)8-12(10)17(21)18-11-3-4-13(22)19(24-2)16(11)20(23)27-18/h3-4,7-8,17-18,22H,5-6,9H2,1-2H3/t17-,18+/m1/s1. The van der Waals surface area contributed by atoms with Gasteiger partial charge in [0.05, 0.1) is 13.2 Å². The Morgan fingerprint density at radius 1 is 1.19 bits per heavy atom. The number of methoxy groups -OCH3 is 1. The molecule has 0 unspecified atom stereocenters. The summed E-state index contributed by atoms with van der Waals surface area (Å²) in [6, 6.07) is 7.12. The number of phenolic OH excluding ortho intramolecular Hbond substituents is 1. The number of hydrogen-bond donors (Lipinski definition) is 1. The van der Waals surface area contributed by atoms with Crippen molar-refractivity contribution >= 4 is 5.97 Å². The van der Waals surface area contributed by atoms with E-state index in [1.807, 2.05) is 19.2 Å². The highest BCUT2D eigenvalue weighted by atomic mass is 16.7. The number of cyclic esters (lactones) is 1. The molecule has 0 radical (unpaired) electrons.